The Morgan fingerprint density at radius 2 is 1.87 bits per heavy atom. The fourth-order valence-electron chi connectivity index (χ4n) is 2.62. The first-order valence-corrected chi connectivity index (χ1v) is 7.82. The third kappa shape index (κ3) is 3.59. The van der Waals surface area contributed by atoms with Crippen LogP contribution in [0.2, 0.25) is 0 Å². The number of piperazine rings is 1. The van der Waals surface area contributed by atoms with Gasteiger partial charge in [0.05, 0.1) is 12.3 Å². The Balaban J connectivity index is 1.68. The normalized spacial score (nSPS) is 14.7. The van der Waals surface area contributed by atoms with E-state index in [0.29, 0.717) is 19.7 Å². The number of hydrogen-bond donors (Lipinski definition) is 0. The summed E-state index contributed by atoms with van der Waals surface area (Å²) < 4.78 is 5.04. The summed E-state index contributed by atoms with van der Waals surface area (Å²) in [7, 11) is 0. The van der Waals surface area contributed by atoms with Gasteiger partial charge in [0.1, 0.15) is 12.1 Å². The molecule has 0 aliphatic carbocycles. The Morgan fingerprint density at radius 3 is 2.57 bits per heavy atom. The van der Waals surface area contributed by atoms with Crippen molar-refractivity contribution in [1.82, 2.24) is 14.9 Å². The average Bonchev–Trinajstić information content (AvgIpc) is 2.63. The van der Waals surface area contributed by atoms with Gasteiger partial charge < -0.3 is 14.5 Å². The molecule has 1 saturated heterocycles. The number of carbonyl (C=O) groups excluding carboxylic acids is 1. The van der Waals surface area contributed by atoms with Gasteiger partial charge in [0.2, 0.25) is 0 Å². The van der Waals surface area contributed by atoms with Crippen LogP contribution in [0.4, 0.5) is 10.6 Å². The molecule has 1 aliphatic rings. The second-order valence-electron chi connectivity index (χ2n) is 5.30. The third-order valence-corrected chi connectivity index (χ3v) is 3.85. The molecule has 23 heavy (non-hydrogen) atoms. The van der Waals surface area contributed by atoms with Gasteiger partial charge in [-0.1, -0.05) is 30.3 Å². The minimum absolute atomic E-state index is 0.236. The standard InChI is InChI=1S/C17H20N4O2/c1-2-23-17(22)21-10-8-20(9-11-21)16-12-15(18-13-19-16)14-6-4-3-5-7-14/h3-7,12-13H,2,8-11H2,1H3. The van der Waals surface area contributed by atoms with Gasteiger partial charge in [-0.15, -0.1) is 0 Å². The Kier molecular flexibility index (Phi) is 4.71. The molecule has 0 spiro atoms. The monoisotopic (exact) mass is 312 g/mol. The van der Waals surface area contributed by atoms with E-state index in [9.17, 15) is 4.79 Å². The van der Waals surface area contributed by atoms with Crippen LogP contribution in [0, 0.1) is 0 Å². The predicted octanol–water partition coefficient (Wildman–Crippen LogP) is 2.42. The maximum Gasteiger partial charge on any atom is 0.409 e. The molecule has 6 heteroatoms. The van der Waals surface area contributed by atoms with Gasteiger partial charge in [0.25, 0.3) is 0 Å². The number of rotatable bonds is 3. The molecule has 2 heterocycles. The van der Waals surface area contributed by atoms with Crippen LogP contribution in [-0.2, 0) is 4.74 Å². The number of benzene rings is 1. The zero-order chi connectivity index (χ0) is 16.1. The van der Waals surface area contributed by atoms with E-state index in [1.165, 1.54) is 0 Å². The molecule has 0 radical (unpaired) electrons. The summed E-state index contributed by atoms with van der Waals surface area (Å²) in [4.78, 5) is 24.4. The van der Waals surface area contributed by atoms with Gasteiger partial charge in [-0.2, -0.15) is 0 Å². The van der Waals surface area contributed by atoms with Crippen molar-refractivity contribution in [2.45, 2.75) is 6.92 Å². The molecule has 3 rings (SSSR count). The average molecular weight is 312 g/mol. The molecule has 120 valence electrons. The molecule has 0 bridgehead atoms. The van der Waals surface area contributed by atoms with Crippen LogP contribution in [-0.4, -0.2) is 53.7 Å². The van der Waals surface area contributed by atoms with Crippen LogP contribution in [0.5, 0.6) is 0 Å². The molecule has 6 nitrogen and oxygen atoms in total. The lowest BCUT2D eigenvalue weighted by Crippen LogP contribution is -2.49. The Bertz CT molecular complexity index is 655. The zero-order valence-corrected chi connectivity index (χ0v) is 13.2. The van der Waals surface area contributed by atoms with Crippen molar-refractivity contribution in [3.8, 4) is 11.3 Å². The molecule has 2 aromatic rings. The van der Waals surface area contributed by atoms with E-state index in [4.69, 9.17) is 4.74 Å². The van der Waals surface area contributed by atoms with E-state index < -0.39 is 0 Å². The van der Waals surface area contributed by atoms with Crippen LogP contribution in [0.1, 0.15) is 6.92 Å². The molecule has 1 aromatic carbocycles. The van der Waals surface area contributed by atoms with Crippen molar-refractivity contribution in [1.29, 1.82) is 0 Å². The van der Waals surface area contributed by atoms with Gasteiger partial charge >= 0.3 is 6.09 Å². The summed E-state index contributed by atoms with van der Waals surface area (Å²) in [5.74, 6) is 0.891. The Hall–Kier alpha value is -2.63. The summed E-state index contributed by atoms with van der Waals surface area (Å²) >= 11 is 0. The number of nitrogens with zero attached hydrogens (tertiary/aromatic N) is 4. The molecular formula is C17H20N4O2. The molecule has 1 amide bonds. The van der Waals surface area contributed by atoms with E-state index in [0.717, 1.165) is 30.2 Å². The fraction of sp³-hybridized carbons (Fsp3) is 0.353. The maximum atomic E-state index is 11.7. The van der Waals surface area contributed by atoms with Gasteiger partial charge in [-0.05, 0) is 6.92 Å². The van der Waals surface area contributed by atoms with Crippen molar-refractivity contribution in [3.05, 3.63) is 42.7 Å². The van der Waals surface area contributed by atoms with Gasteiger partial charge in [0, 0.05) is 37.8 Å². The van der Waals surface area contributed by atoms with Crippen molar-refractivity contribution in [2.75, 3.05) is 37.7 Å². The second kappa shape index (κ2) is 7.09. The molecule has 1 fully saturated rings. The number of carbonyl (C=O) groups is 1. The van der Waals surface area contributed by atoms with Crippen molar-refractivity contribution in [2.24, 2.45) is 0 Å². The topological polar surface area (TPSA) is 58.6 Å². The number of hydrogen-bond acceptors (Lipinski definition) is 5. The van der Waals surface area contributed by atoms with Gasteiger partial charge in [0.15, 0.2) is 0 Å². The lowest BCUT2D eigenvalue weighted by Gasteiger charge is -2.34. The van der Waals surface area contributed by atoms with Crippen LogP contribution in [0.3, 0.4) is 0 Å². The van der Waals surface area contributed by atoms with E-state index in [2.05, 4.69) is 14.9 Å². The van der Waals surface area contributed by atoms with Crippen LogP contribution in [0.25, 0.3) is 11.3 Å². The highest BCUT2D eigenvalue weighted by molar-refractivity contribution is 5.68. The Morgan fingerprint density at radius 1 is 1.13 bits per heavy atom. The summed E-state index contributed by atoms with van der Waals surface area (Å²) in [5, 5.41) is 0. The number of aromatic nitrogens is 2. The van der Waals surface area contributed by atoms with Crippen molar-refractivity contribution < 1.29 is 9.53 Å². The lowest BCUT2D eigenvalue weighted by molar-refractivity contribution is 0.105. The van der Waals surface area contributed by atoms with Crippen LogP contribution in [0.15, 0.2) is 42.7 Å². The number of anilines is 1. The summed E-state index contributed by atoms with van der Waals surface area (Å²) in [6.45, 7) is 4.99. The van der Waals surface area contributed by atoms with E-state index in [1.807, 2.05) is 43.3 Å². The Labute approximate surface area is 135 Å². The highest BCUT2D eigenvalue weighted by Crippen LogP contribution is 2.21. The summed E-state index contributed by atoms with van der Waals surface area (Å²) in [6, 6.07) is 12.0. The third-order valence-electron chi connectivity index (χ3n) is 3.85. The lowest BCUT2D eigenvalue weighted by atomic mass is 10.1. The first-order chi connectivity index (χ1) is 11.3. The van der Waals surface area contributed by atoms with Gasteiger partial charge in [-0.3, -0.25) is 0 Å². The molecule has 1 aliphatic heterocycles. The quantitative estimate of drug-likeness (QED) is 0.871. The highest BCUT2D eigenvalue weighted by Gasteiger charge is 2.22. The van der Waals surface area contributed by atoms with Crippen LogP contribution < -0.4 is 4.90 Å². The summed E-state index contributed by atoms with van der Waals surface area (Å²) in [6.07, 6.45) is 1.36. The maximum absolute atomic E-state index is 11.7. The zero-order valence-electron chi connectivity index (χ0n) is 13.2. The largest absolute Gasteiger partial charge is 0.450 e. The first-order valence-electron chi connectivity index (χ1n) is 7.82. The molecule has 0 saturated carbocycles. The minimum Gasteiger partial charge on any atom is -0.450 e. The predicted molar refractivity (Wildman–Crippen MR) is 88.3 cm³/mol. The smallest absolute Gasteiger partial charge is 0.409 e. The minimum atomic E-state index is -0.236. The first kappa shape index (κ1) is 15.3. The molecular weight excluding hydrogens is 292 g/mol. The van der Waals surface area contributed by atoms with Crippen molar-refractivity contribution in [3.63, 3.8) is 0 Å². The van der Waals surface area contributed by atoms with E-state index in [-0.39, 0.29) is 6.09 Å². The van der Waals surface area contributed by atoms with Crippen LogP contribution >= 0.6 is 0 Å². The fourth-order valence-corrected chi connectivity index (χ4v) is 2.62. The van der Waals surface area contributed by atoms with Crippen molar-refractivity contribution >= 4 is 11.9 Å². The molecule has 0 N–H and O–H groups in total. The molecule has 1 aromatic heterocycles. The molecule has 0 atom stereocenters. The van der Waals surface area contributed by atoms with E-state index >= 15 is 0 Å². The summed E-state index contributed by atoms with van der Waals surface area (Å²) in [5.41, 5.74) is 1.98. The number of ether oxygens (including phenoxy) is 1. The van der Waals surface area contributed by atoms with E-state index in [1.54, 1.807) is 11.2 Å². The number of amides is 1. The molecule has 0 unspecified atom stereocenters. The highest BCUT2D eigenvalue weighted by atomic mass is 16.6. The SMILES string of the molecule is CCOC(=O)N1CCN(c2cc(-c3ccccc3)ncn2)CC1. The van der Waals surface area contributed by atoms with Gasteiger partial charge in [-0.25, -0.2) is 14.8 Å². The second-order valence-corrected chi connectivity index (χ2v) is 5.30.